The number of nitrogens with two attached hydrogens (primary N) is 1. The highest BCUT2D eigenvalue weighted by Gasteiger charge is 2.19. The van der Waals surface area contributed by atoms with Crippen molar-refractivity contribution in [2.45, 2.75) is 18.9 Å². The molecule has 0 aliphatic carbocycles. The van der Waals surface area contributed by atoms with Crippen molar-refractivity contribution >= 4 is 23.5 Å². The molecule has 104 valence electrons. The van der Waals surface area contributed by atoms with Gasteiger partial charge in [0.05, 0.1) is 18.8 Å². The molecule has 2 rings (SSSR count). The second-order valence-electron chi connectivity index (χ2n) is 4.37. The number of hydrogen-bond donors (Lipinski definition) is 1. The van der Waals surface area contributed by atoms with Gasteiger partial charge >= 0.3 is 0 Å². The zero-order chi connectivity index (χ0) is 13.8. The van der Waals surface area contributed by atoms with Gasteiger partial charge in [-0.1, -0.05) is 6.92 Å². The summed E-state index contributed by atoms with van der Waals surface area (Å²) in [5.41, 5.74) is 6.88. The first-order chi connectivity index (χ1) is 9.13. The molecule has 0 unspecified atom stereocenters. The zero-order valence-corrected chi connectivity index (χ0v) is 12.1. The number of pyridine rings is 1. The van der Waals surface area contributed by atoms with E-state index < -0.39 is 5.91 Å². The van der Waals surface area contributed by atoms with E-state index in [1.165, 1.54) is 0 Å². The third-order valence-corrected chi connectivity index (χ3v) is 3.89. The van der Waals surface area contributed by atoms with E-state index in [4.69, 9.17) is 10.5 Å². The quantitative estimate of drug-likeness (QED) is 0.846. The van der Waals surface area contributed by atoms with Crippen LogP contribution in [0, 0.1) is 6.92 Å². The normalized spacial score (nSPS) is 15.6. The summed E-state index contributed by atoms with van der Waals surface area (Å²) in [5.74, 6) is 1.36. The number of primary amides is 1. The van der Waals surface area contributed by atoms with E-state index in [1.807, 2.05) is 19.9 Å². The number of rotatable bonds is 4. The van der Waals surface area contributed by atoms with E-state index in [-0.39, 0.29) is 0 Å². The lowest BCUT2D eigenvalue weighted by atomic mass is 10.1. The SMILES string of the molecule is CCSc1nc(N2CCOCC2)cc(C)c1C(N)=O. The van der Waals surface area contributed by atoms with E-state index in [0.717, 1.165) is 35.2 Å². The average molecular weight is 281 g/mol. The minimum Gasteiger partial charge on any atom is -0.378 e. The molecule has 1 saturated heterocycles. The molecule has 1 aliphatic heterocycles. The Labute approximate surface area is 117 Å². The lowest BCUT2D eigenvalue weighted by Crippen LogP contribution is -2.37. The fourth-order valence-electron chi connectivity index (χ4n) is 2.12. The van der Waals surface area contributed by atoms with Crippen LogP contribution in [-0.2, 0) is 4.74 Å². The number of nitrogens with zero attached hydrogens (tertiary/aromatic N) is 2. The lowest BCUT2D eigenvalue weighted by molar-refractivity contribution is 0.0996. The van der Waals surface area contributed by atoms with Crippen LogP contribution in [0.5, 0.6) is 0 Å². The van der Waals surface area contributed by atoms with Gasteiger partial charge in [0.2, 0.25) is 0 Å². The van der Waals surface area contributed by atoms with Crippen LogP contribution in [0.2, 0.25) is 0 Å². The predicted molar refractivity (Wildman–Crippen MR) is 76.9 cm³/mol. The highest BCUT2D eigenvalue weighted by Crippen LogP contribution is 2.27. The van der Waals surface area contributed by atoms with Gasteiger partial charge in [-0.2, -0.15) is 0 Å². The number of anilines is 1. The summed E-state index contributed by atoms with van der Waals surface area (Å²) in [4.78, 5) is 18.3. The summed E-state index contributed by atoms with van der Waals surface area (Å²) in [7, 11) is 0. The van der Waals surface area contributed by atoms with Gasteiger partial charge in [-0.15, -0.1) is 11.8 Å². The van der Waals surface area contributed by atoms with Crippen LogP contribution in [0.15, 0.2) is 11.1 Å². The molecule has 2 N–H and O–H groups in total. The van der Waals surface area contributed by atoms with Crippen molar-refractivity contribution in [3.63, 3.8) is 0 Å². The number of ether oxygens (including phenoxy) is 1. The molecule has 1 aromatic rings. The minimum atomic E-state index is -0.408. The van der Waals surface area contributed by atoms with Crippen LogP contribution in [0.4, 0.5) is 5.82 Å². The van der Waals surface area contributed by atoms with Crippen molar-refractivity contribution in [1.29, 1.82) is 0 Å². The first-order valence-electron chi connectivity index (χ1n) is 6.40. The van der Waals surface area contributed by atoms with Crippen molar-refractivity contribution in [3.8, 4) is 0 Å². The van der Waals surface area contributed by atoms with Gasteiger partial charge in [0.25, 0.3) is 5.91 Å². The molecule has 0 saturated carbocycles. The monoisotopic (exact) mass is 281 g/mol. The molecule has 1 aliphatic rings. The van der Waals surface area contributed by atoms with E-state index in [2.05, 4.69) is 9.88 Å². The summed E-state index contributed by atoms with van der Waals surface area (Å²) in [6.07, 6.45) is 0. The largest absolute Gasteiger partial charge is 0.378 e. The molecular weight excluding hydrogens is 262 g/mol. The number of aryl methyl sites for hydroxylation is 1. The highest BCUT2D eigenvalue weighted by atomic mass is 32.2. The number of amides is 1. The van der Waals surface area contributed by atoms with Crippen LogP contribution >= 0.6 is 11.8 Å². The molecule has 0 atom stereocenters. The number of aromatic nitrogens is 1. The Morgan fingerprint density at radius 3 is 2.79 bits per heavy atom. The number of thioether (sulfide) groups is 1. The highest BCUT2D eigenvalue weighted by molar-refractivity contribution is 7.99. The van der Waals surface area contributed by atoms with Crippen molar-refractivity contribution in [3.05, 3.63) is 17.2 Å². The molecule has 0 bridgehead atoms. The molecule has 5 nitrogen and oxygen atoms in total. The molecule has 6 heteroatoms. The molecule has 19 heavy (non-hydrogen) atoms. The van der Waals surface area contributed by atoms with E-state index in [0.29, 0.717) is 18.8 Å². The first-order valence-corrected chi connectivity index (χ1v) is 7.39. The van der Waals surface area contributed by atoms with E-state index in [1.54, 1.807) is 11.8 Å². The second kappa shape index (κ2) is 6.25. The minimum absolute atomic E-state index is 0.408. The van der Waals surface area contributed by atoms with Gasteiger partial charge < -0.3 is 15.4 Å². The van der Waals surface area contributed by atoms with Crippen LogP contribution in [-0.4, -0.2) is 42.9 Å². The Morgan fingerprint density at radius 2 is 2.21 bits per heavy atom. The molecule has 1 aromatic heterocycles. The van der Waals surface area contributed by atoms with Gasteiger partial charge in [0.1, 0.15) is 10.8 Å². The molecule has 1 amide bonds. The Bertz CT molecular complexity index is 473. The molecule has 0 aromatic carbocycles. The molecule has 2 heterocycles. The van der Waals surface area contributed by atoms with Gasteiger partial charge in [-0.25, -0.2) is 4.98 Å². The van der Waals surface area contributed by atoms with Crippen molar-refractivity contribution in [2.24, 2.45) is 5.73 Å². The Balaban J connectivity index is 2.38. The smallest absolute Gasteiger partial charge is 0.251 e. The maximum absolute atomic E-state index is 11.5. The third kappa shape index (κ3) is 3.19. The van der Waals surface area contributed by atoms with Gasteiger partial charge in [0, 0.05) is 13.1 Å². The maximum atomic E-state index is 11.5. The Kier molecular flexibility index (Phi) is 4.66. The first kappa shape index (κ1) is 14.1. The standard InChI is InChI=1S/C13H19N3O2S/c1-3-19-13-11(12(14)17)9(2)8-10(15-13)16-4-6-18-7-5-16/h8H,3-7H2,1-2H3,(H2,14,17). The van der Waals surface area contributed by atoms with Crippen molar-refractivity contribution < 1.29 is 9.53 Å². The van der Waals surface area contributed by atoms with Crippen LogP contribution < -0.4 is 10.6 Å². The summed E-state index contributed by atoms with van der Waals surface area (Å²) < 4.78 is 5.34. The van der Waals surface area contributed by atoms with Gasteiger partial charge in [0.15, 0.2) is 0 Å². The fraction of sp³-hybridized carbons (Fsp3) is 0.538. The van der Waals surface area contributed by atoms with Crippen LogP contribution in [0.1, 0.15) is 22.8 Å². The average Bonchev–Trinajstić information content (AvgIpc) is 2.39. The fourth-order valence-corrected chi connectivity index (χ4v) is 2.96. The number of hydrogen-bond acceptors (Lipinski definition) is 5. The van der Waals surface area contributed by atoms with Crippen molar-refractivity contribution in [1.82, 2.24) is 4.98 Å². The zero-order valence-electron chi connectivity index (χ0n) is 11.3. The van der Waals surface area contributed by atoms with Crippen molar-refractivity contribution in [2.75, 3.05) is 37.0 Å². The molecule has 0 spiro atoms. The summed E-state index contributed by atoms with van der Waals surface area (Å²) in [5, 5.41) is 0.733. The predicted octanol–water partition coefficient (Wildman–Crippen LogP) is 1.44. The molecule has 0 radical (unpaired) electrons. The van der Waals surface area contributed by atoms with E-state index >= 15 is 0 Å². The summed E-state index contributed by atoms with van der Waals surface area (Å²) in [6, 6.07) is 1.94. The number of carbonyl (C=O) groups is 1. The lowest BCUT2D eigenvalue weighted by Gasteiger charge is -2.28. The molecule has 1 fully saturated rings. The van der Waals surface area contributed by atoms with Gasteiger partial charge in [-0.05, 0) is 24.3 Å². The molecular formula is C13H19N3O2S. The van der Waals surface area contributed by atoms with Crippen LogP contribution in [0.3, 0.4) is 0 Å². The summed E-state index contributed by atoms with van der Waals surface area (Å²) in [6.45, 7) is 7.04. The maximum Gasteiger partial charge on any atom is 0.251 e. The third-order valence-electron chi connectivity index (χ3n) is 3.03. The van der Waals surface area contributed by atoms with E-state index in [9.17, 15) is 4.79 Å². The van der Waals surface area contributed by atoms with Crippen LogP contribution in [0.25, 0.3) is 0 Å². The van der Waals surface area contributed by atoms with Gasteiger partial charge in [-0.3, -0.25) is 4.79 Å². The number of carbonyl (C=O) groups excluding carboxylic acids is 1. The number of morpholine rings is 1. The topological polar surface area (TPSA) is 68.5 Å². The summed E-state index contributed by atoms with van der Waals surface area (Å²) >= 11 is 1.55. The second-order valence-corrected chi connectivity index (χ2v) is 5.63. The Hall–Kier alpha value is -1.27. The Morgan fingerprint density at radius 1 is 1.53 bits per heavy atom.